The molecule has 112 valence electrons. The van der Waals surface area contributed by atoms with Crippen LogP contribution in [-0.4, -0.2) is 18.0 Å². The van der Waals surface area contributed by atoms with Crippen LogP contribution < -0.4 is 10.6 Å². The van der Waals surface area contributed by atoms with Crippen molar-refractivity contribution in [3.05, 3.63) is 65.7 Å². The summed E-state index contributed by atoms with van der Waals surface area (Å²) in [7, 11) is 0. The summed E-state index contributed by atoms with van der Waals surface area (Å²) < 4.78 is 5.24. The van der Waals surface area contributed by atoms with Crippen molar-refractivity contribution in [3.8, 4) is 0 Å². The molecule has 2 atom stereocenters. The molecule has 1 aliphatic heterocycles. The van der Waals surface area contributed by atoms with Gasteiger partial charge in [-0.05, 0) is 24.1 Å². The fourth-order valence-corrected chi connectivity index (χ4v) is 2.45. The third kappa shape index (κ3) is 2.79. The first-order chi connectivity index (χ1) is 10.6. The molecule has 5 heteroatoms. The lowest BCUT2D eigenvalue weighted by molar-refractivity contribution is -0.119. The van der Waals surface area contributed by atoms with Crippen LogP contribution in [0, 0.1) is 6.92 Å². The number of hydrogen-bond donors (Lipinski definition) is 2. The molecule has 22 heavy (non-hydrogen) atoms. The van der Waals surface area contributed by atoms with Gasteiger partial charge in [-0.2, -0.15) is 0 Å². The molecular weight excluding hydrogens is 280 g/mol. The van der Waals surface area contributed by atoms with Crippen LogP contribution in [0.1, 0.15) is 17.2 Å². The topological polar surface area (TPSA) is 67.4 Å². The largest absolute Gasteiger partial charge is 0.439 e. The summed E-state index contributed by atoms with van der Waals surface area (Å²) in [5.74, 6) is -0.297. The lowest BCUT2D eigenvalue weighted by Crippen LogP contribution is -2.40. The first-order valence-electron chi connectivity index (χ1n) is 7.04. The van der Waals surface area contributed by atoms with Crippen LogP contribution in [0.3, 0.4) is 0 Å². The molecule has 1 heterocycles. The van der Waals surface area contributed by atoms with Crippen molar-refractivity contribution >= 4 is 17.7 Å². The molecular formula is C17H16N2O3. The second-order valence-electron chi connectivity index (χ2n) is 5.16. The fraction of sp³-hybridized carbons (Fsp3) is 0.176. The van der Waals surface area contributed by atoms with Gasteiger partial charge in [-0.15, -0.1) is 0 Å². The molecule has 3 rings (SSSR count). The first-order valence-corrected chi connectivity index (χ1v) is 7.04. The van der Waals surface area contributed by atoms with E-state index >= 15 is 0 Å². The van der Waals surface area contributed by atoms with Gasteiger partial charge in [-0.25, -0.2) is 4.79 Å². The summed E-state index contributed by atoms with van der Waals surface area (Å²) >= 11 is 0. The molecule has 5 nitrogen and oxygen atoms in total. The van der Waals surface area contributed by atoms with E-state index in [1.165, 1.54) is 0 Å². The number of amides is 2. The lowest BCUT2D eigenvalue weighted by atomic mass is 10.0. The molecule has 1 aliphatic rings. The van der Waals surface area contributed by atoms with E-state index in [0.29, 0.717) is 0 Å². The number of nitrogens with one attached hydrogen (secondary N) is 2. The third-order valence-corrected chi connectivity index (χ3v) is 3.62. The third-order valence-electron chi connectivity index (χ3n) is 3.62. The van der Waals surface area contributed by atoms with Crippen molar-refractivity contribution < 1.29 is 14.3 Å². The van der Waals surface area contributed by atoms with Crippen molar-refractivity contribution in [3.63, 3.8) is 0 Å². The molecule has 0 bridgehead atoms. The van der Waals surface area contributed by atoms with Crippen LogP contribution in [0.4, 0.5) is 10.5 Å². The number of anilines is 1. The Morgan fingerprint density at radius 2 is 1.77 bits per heavy atom. The molecule has 0 aliphatic carbocycles. The fourth-order valence-electron chi connectivity index (χ4n) is 2.45. The number of aryl methyl sites for hydroxylation is 1. The number of cyclic esters (lactones) is 1. The minimum atomic E-state index is -0.755. The summed E-state index contributed by atoms with van der Waals surface area (Å²) in [6, 6.07) is 16.0. The molecule has 0 spiro atoms. The van der Waals surface area contributed by atoms with Crippen LogP contribution in [0.2, 0.25) is 0 Å². The number of hydrogen-bond acceptors (Lipinski definition) is 3. The van der Waals surface area contributed by atoms with Gasteiger partial charge in [0.2, 0.25) is 0 Å². The molecule has 2 amide bonds. The molecule has 2 aromatic carbocycles. The predicted molar refractivity (Wildman–Crippen MR) is 82.4 cm³/mol. The van der Waals surface area contributed by atoms with Crippen LogP contribution in [0.5, 0.6) is 0 Å². The van der Waals surface area contributed by atoms with E-state index in [1.807, 2.05) is 61.5 Å². The highest BCUT2D eigenvalue weighted by atomic mass is 16.6. The predicted octanol–water partition coefficient (Wildman–Crippen LogP) is 2.78. The van der Waals surface area contributed by atoms with E-state index in [2.05, 4.69) is 10.6 Å². The average Bonchev–Trinajstić information content (AvgIpc) is 2.92. The Labute approximate surface area is 128 Å². The molecule has 0 radical (unpaired) electrons. The highest BCUT2D eigenvalue weighted by molar-refractivity contribution is 5.98. The molecule has 1 fully saturated rings. The van der Waals surface area contributed by atoms with E-state index in [9.17, 15) is 9.59 Å². The zero-order valence-electron chi connectivity index (χ0n) is 12.1. The Kier molecular flexibility index (Phi) is 3.78. The van der Waals surface area contributed by atoms with Gasteiger partial charge in [0.1, 0.15) is 0 Å². The zero-order valence-corrected chi connectivity index (χ0v) is 12.1. The number of carbonyl (C=O) groups is 2. The molecule has 2 unspecified atom stereocenters. The maximum Gasteiger partial charge on any atom is 0.408 e. The summed E-state index contributed by atoms with van der Waals surface area (Å²) in [5, 5.41) is 5.41. The van der Waals surface area contributed by atoms with Crippen molar-refractivity contribution in [2.75, 3.05) is 5.32 Å². The van der Waals surface area contributed by atoms with Crippen molar-refractivity contribution in [1.82, 2.24) is 5.32 Å². The van der Waals surface area contributed by atoms with Gasteiger partial charge < -0.3 is 15.4 Å². The quantitative estimate of drug-likeness (QED) is 0.915. The minimum Gasteiger partial charge on any atom is -0.439 e. The van der Waals surface area contributed by atoms with Crippen LogP contribution in [0.15, 0.2) is 54.6 Å². The Balaban J connectivity index is 1.81. The number of rotatable bonds is 3. The Hall–Kier alpha value is -2.82. The smallest absolute Gasteiger partial charge is 0.408 e. The highest BCUT2D eigenvalue weighted by Crippen LogP contribution is 2.27. The van der Waals surface area contributed by atoms with Crippen LogP contribution in [-0.2, 0) is 9.53 Å². The Bertz CT molecular complexity index is 700. The Morgan fingerprint density at radius 1 is 1.09 bits per heavy atom. The van der Waals surface area contributed by atoms with E-state index in [0.717, 1.165) is 16.8 Å². The van der Waals surface area contributed by atoms with E-state index < -0.39 is 18.2 Å². The summed E-state index contributed by atoms with van der Waals surface area (Å²) in [5.41, 5.74) is 2.46. The van der Waals surface area contributed by atoms with Gasteiger partial charge in [-0.1, -0.05) is 48.5 Å². The summed E-state index contributed by atoms with van der Waals surface area (Å²) in [4.78, 5) is 24.0. The number of para-hydroxylation sites is 1. The molecule has 2 N–H and O–H groups in total. The maximum absolute atomic E-state index is 12.5. The number of ether oxygens (including phenoxy) is 1. The normalized spacial score (nSPS) is 20.1. The van der Waals surface area contributed by atoms with Crippen molar-refractivity contribution in [2.24, 2.45) is 0 Å². The van der Waals surface area contributed by atoms with E-state index in [1.54, 1.807) is 0 Å². The number of benzene rings is 2. The first kappa shape index (κ1) is 14.1. The SMILES string of the molecule is Cc1ccccc1NC(=O)C1NC(=O)OC1c1ccccc1. The van der Waals surface area contributed by atoms with Gasteiger partial charge in [0, 0.05) is 5.69 Å². The molecule has 1 saturated heterocycles. The van der Waals surface area contributed by atoms with Gasteiger partial charge in [0.25, 0.3) is 5.91 Å². The minimum absolute atomic E-state index is 0.297. The monoisotopic (exact) mass is 296 g/mol. The Morgan fingerprint density at radius 3 is 2.50 bits per heavy atom. The molecule has 2 aromatic rings. The summed E-state index contributed by atoms with van der Waals surface area (Å²) in [6.45, 7) is 1.91. The second kappa shape index (κ2) is 5.89. The average molecular weight is 296 g/mol. The van der Waals surface area contributed by atoms with Gasteiger partial charge in [-0.3, -0.25) is 4.79 Å². The van der Waals surface area contributed by atoms with Gasteiger partial charge in [0.15, 0.2) is 12.1 Å². The lowest BCUT2D eigenvalue weighted by Gasteiger charge is -2.17. The summed E-state index contributed by atoms with van der Waals surface area (Å²) in [6.07, 6.45) is -1.21. The standard InChI is InChI=1S/C17H16N2O3/c1-11-7-5-6-10-13(11)18-16(20)14-15(22-17(21)19-14)12-8-3-2-4-9-12/h2-10,14-15H,1H3,(H,18,20)(H,19,21). The number of carbonyl (C=O) groups excluding carboxylic acids is 2. The molecule has 0 saturated carbocycles. The van der Waals surface area contributed by atoms with Crippen molar-refractivity contribution in [1.29, 1.82) is 0 Å². The van der Waals surface area contributed by atoms with Crippen LogP contribution >= 0.6 is 0 Å². The second-order valence-corrected chi connectivity index (χ2v) is 5.16. The number of alkyl carbamates (subject to hydrolysis) is 1. The maximum atomic E-state index is 12.5. The van der Waals surface area contributed by atoms with E-state index in [-0.39, 0.29) is 5.91 Å². The van der Waals surface area contributed by atoms with Crippen LogP contribution in [0.25, 0.3) is 0 Å². The van der Waals surface area contributed by atoms with Crippen molar-refractivity contribution in [2.45, 2.75) is 19.1 Å². The van der Waals surface area contributed by atoms with Gasteiger partial charge in [0.05, 0.1) is 0 Å². The van der Waals surface area contributed by atoms with E-state index in [4.69, 9.17) is 4.74 Å². The molecule has 0 aromatic heterocycles. The zero-order chi connectivity index (χ0) is 15.5. The van der Waals surface area contributed by atoms with Gasteiger partial charge >= 0.3 is 6.09 Å². The highest BCUT2D eigenvalue weighted by Gasteiger charge is 2.40.